The number of hydrogen-bond donors (Lipinski definition) is 2. The summed E-state index contributed by atoms with van der Waals surface area (Å²) in [6.07, 6.45) is 1.25. The molecule has 0 spiro atoms. The van der Waals surface area contributed by atoms with Crippen LogP contribution >= 0.6 is 0 Å². The second kappa shape index (κ2) is 21.3. The van der Waals surface area contributed by atoms with Gasteiger partial charge in [0, 0.05) is 35.5 Å². The lowest BCUT2D eigenvalue weighted by Gasteiger charge is -2.11. The molecule has 5 aromatic carbocycles. The van der Waals surface area contributed by atoms with Gasteiger partial charge >= 0.3 is 0 Å². The highest BCUT2D eigenvalue weighted by Crippen LogP contribution is 2.29. The number of anilines is 1. The summed E-state index contributed by atoms with van der Waals surface area (Å²) in [7, 11) is 1.43. The van der Waals surface area contributed by atoms with Crippen molar-refractivity contribution in [2.24, 2.45) is 0 Å². The molecule has 52 heavy (non-hydrogen) atoms. The normalized spacial score (nSPS) is 9.71. The van der Waals surface area contributed by atoms with E-state index < -0.39 is 5.91 Å². The number of rotatable bonds is 9. The van der Waals surface area contributed by atoms with Gasteiger partial charge in [0.1, 0.15) is 23.0 Å². The van der Waals surface area contributed by atoms with Gasteiger partial charge in [-0.25, -0.2) is 0 Å². The molecule has 0 atom stereocenters. The molecule has 0 aliphatic rings. The van der Waals surface area contributed by atoms with Crippen molar-refractivity contribution in [2.45, 2.75) is 61.8 Å². The minimum absolute atomic E-state index is 0.102. The molecule has 3 N–H and O–H groups in total. The van der Waals surface area contributed by atoms with E-state index >= 15 is 0 Å². The van der Waals surface area contributed by atoms with E-state index in [1.165, 1.54) is 51.9 Å². The Morgan fingerprint density at radius 3 is 1.33 bits per heavy atom. The summed E-state index contributed by atoms with van der Waals surface area (Å²) < 4.78 is 11.8. The molecule has 8 nitrogen and oxygen atoms in total. The molecule has 0 aliphatic heterocycles. The minimum atomic E-state index is -0.470. The standard InChI is InChI=1S/C25H21NO2.C14H15NO4.C3H8.C2H6/c1-18-4-2-6-24(16-18)27-22-12-8-19(9-13-22)20-10-14-23(15-11-20)28-25-7-3-5-21(26)17-25;1-7(16)10-5-12(9(3)18)13(14(19)15-4)6-11(10)8(2)17;1-3-2;1-2/h2-17H,26H2,1H3;5-6H,1-4H3,(H,15,19);3H2,1-2H3;1-2H3. The molecule has 5 aromatic rings. The van der Waals surface area contributed by atoms with Crippen molar-refractivity contribution in [3.63, 3.8) is 0 Å². The third-order valence-corrected chi connectivity index (χ3v) is 7.13. The molecule has 0 heterocycles. The molecule has 0 fully saturated rings. The monoisotopic (exact) mass is 702 g/mol. The molecule has 1 amide bonds. The molecule has 0 saturated heterocycles. The summed E-state index contributed by atoms with van der Waals surface area (Å²) in [5, 5.41) is 2.40. The van der Waals surface area contributed by atoms with Crippen molar-refractivity contribution < 1.29 is 28.7 Å². The summed E-state index contributed by atoms with van der Waals surface area (Å²) in [4.78, 5) is 46.4. The molecule has 5 rings (SSSR count). The number of ether oxygens (including phenoxy) is 2. The van der Waals surface area contributed by atoms with Crippen LogP contribution in [0.2, 0.25) is 0 Å². The van der Waals surface area contributed by atoms with Crippen LogP contribution in [-0.2, 0) is 0 Å². The summed E-state index contributed by atoms with van der Waals surface area (Å²) in [6.45, 7) is 14.2. The number of amides is 1. The van der Waals surface area contributed by atoms with Crippen LogP contribution in [0.4, 0.5) is 5.69 Å². The lowest BCUT2D eigenvalue weighted by atomic mass is 9.92. The molecule has 0 radical (unpaired) electrons. The van der Waals surface area contributed by atoms with E-state index in [9.17, 15) is 19.2 Å². The maximum atomic E-state index is 11.7. The van der Waals surface area contributed by atoms with Crippen molar-refractivity contribution in [3.05, 3.63) is 137 Å². The van der Waals surface area contributed by atoms with Crippen LogP contribution in [0.3, 0.4) is 0 Å². The molecule has 0 bridgehead atoms. The zero-order chi connectivity index (χ0) is 38.8. The van der Waals surface area contributed by atoms with Gasteiger partial charge in [-0.3, -0.25) is 19.2 Å². The number of benzene rings is 5. The molecule has 272 valence electrons. The zero-order valence-corrected chi connectivity index (χ0v) is 31.6. The third kappa shape index (κ3) is 12.7. The highest BCUT2D eigenvalue weighted by molar-refractivity contribution is 6.14. The summed E-state index contributed by atoms with van der Waals surface area (Å²) in [6, 6.07) is 34.1. The topological polar surface area (TPSA) is 125 Å². The second-order valence-electron chi connectivity index (χ2n) is 11.5. The van der Waals surface area contributed by atoms with Crippen molar-refractivity contribution in [1.29, 1.82) is 0 Å². The predicted molar refractivity (Wildman–Crippen MR) is 211 cm³/mol. The lowest BCUT2D eigenvalue weighted by Crippen LogP contribution is -2.22. The number of ketones is 3. The van der Waals surface area contributed by atoms with Crippen LogP contribution in [0.25, 0.3) is 11.1 Å². The van der Waals surface area contributed by atoms with Gasteiger partial charge in [-0.15, -0.1) is 0 Å². The highest BCUT2D eigenvalue weighted by Gasteiger charge is 2.21. The fraction of sp³-hybridized carbons (Fsp3) is 0.227. The maximum Gasteiger partial charge on any atom is 0.251 e. The SMILES string of the molecule is CC.CCC.CNC(=O)c1cc(C(C)=O)c(C(C)=O)cc1C(C)=O.Cc1cccc(Oc2ccc(-c3ccc(Oc4cccc(N)c4)cc3)cc2)c1. The summed E-state index contributed by atoms with van der Waals surface area (Å²) >= 11 is 0. The minimum Gasteiger partial charge on any atom is -0.457 e. The Hall–Kier alpha value is -6.02. The average molecular weight is 703 g/mol. The Kier molecular flexibility index (Phi) is 17.2. The molecule has 8 heteroatoms. The van der Waals surface area contributed by atoms with Crippen molar-refractivity contribution >= 4 is 28.9 Å². The van der Waals surface area contributed by atoms with Gasteiger partial charge in [-0.2, -0.15) is 0 Å². The number of Topliss-reactive ketones (excluding diaryl/α,β-unsaturated/α-hetero) is 3. The van der Waals surface area contributed by atoms with Crippen LogP contribution in [0.1, 0.15) is 102 Å². The Balaban J connectivity index is 0.000000341. The number of nitrogen functional groups attached to an aromatic ring is 1. The first-order valence-corrected chi connectivity index (χ1v) is 17.3. The highest BCUT2D eigenvalue weighted by atomic mass is 16.5. The third-order valence-electron chi connectivity index (χ3n) is 7.13. The van der Waals surface area contributed by atoms with Crippen LogP contribution in [0.15, 0.2) is 109 Å². The fourth-order valence-electron chi connectivity index (χ4n) is 4.76. The molecule has 0 aromatic heterocycles. The van der Waals surface area contributed by atoms with Gasteiger partial charge < -0.3 is 20.5 Å². The summed E-state index contributed by atoms with van der Waals surface area (Å²) in [5.41, 5.74) is 10.4. The van der Waals surface area contributed by atoms with E-state index in [4.69, 9.17) is 15.2 Å². The van der Waals surface area contributed by atoms with Crippen molar-refractivity contribution in [3.8, 4) is 34.1 Å². The van der Waals surface area contributed by atoms with Gasteiger partial charge in [0.15, 0.2) is 17.3 Å². The van der Waals surface area contributed by atoms with Crippen molar-refractivity contribution in [2.75, 3.05) is 12.8 Å². The molecule has 0 aliphatic carbocycles. The Morgan fingerprint density at radius 2 is 0.942 bits per heavy atom. The van der Waals surface area contributed by atoms with E-state index in [1.807, 2.05) is 86.6 Å². The van der Waals surface area contributed by atoms with Gasteiger partial charge in [0.25, 0.3) is 5.91 Å². The van der Waals surface area contributed by atoms with Gasteiger partial charge in [0.2, 0.25) is 0 Å². The number of nitrogens with two attached hydrogens (primary N) is 1. The van der Waals surface area contributed by atoms with Crippen LogP contribution in [0, 0.1) is 6.92 Å². The van der Waals surface area contributed by atoms with E-state index in [-0.39, 0.29) is 39.6 Å². The van der Waals surface area contributed by atoms with Gasteiger partial charge in [0.05, 0.1) is 5.56 Å². The largest absolute Gasteiger partial charge is 0.457 e. The fourth-order valence-corrected chi connectivity index (χ4v) is 4.76. The van der Waals surface area contributed by atoms with Crippen LogP contribution in [-0.4, -0.2) is 30.3 Å². The Labute approximate surface area is 308 Å². The Morgan fingerprint density at radius 1 is 0.558 bits per heavy atom. The molecule has 0 saturated carbocycles. The number of carbonyl (C=O) groups is 4. The first kappa shape index (κ1) is 42.1. The number of hydrogen-bond acceptors (Lipinski definition) is 7. The van der Waals surface area contributed by atoms with Crippen LogP contribution in [0.5, 0.6) is 23.0 Å². The number of aryl methyl sites for hydroxylation is 1. The first-order valence-electron chi connectivity index (χ1n) is 17.3. The van der Waals surface area contributed by atoms with E-state index in [0.29, 0.717) is 5.69 Å². The van der Waals surface area contributed by atoms with E-state index in [2.05, 4.69) is 44.3 Å². The van der Waals surface area contributed by atoms with Crippen LogP contribution < -0.4 is 20.5 Å². The predicted octanol–water partition coefficient (Wildman–Crippen LogP) is 10.9. The number of nitrogens with one attached hydrogen (secondary N) is 1. The second-order valence-corrected chi connectivity index (χ2v) is 11.5. The molecule has 0 unspecified atom stereocenters. The molecular formula is C44H50N2O6. The van der Waals surface area contributed by atoms with Gasteiger partial charge in [-0.1, -0.05) is 76.6 Å². The van der Waals surface area contributed by atoms with E-state index in [1.54, 1.807) is 6.07 Å². The molecular weight excluding hydrogens is 652 g/mol. The van der Waals surface area contributed by atoms with E-state index in [0.717, 1.165) is 34.1 Å². The zero-order valence-electron chi connectivity index (χ0n) is 31.6. The maximum absolute atomic E-state index is 11.7. The first-order chi connectivity index (χ1) is 24.9. The van der Waals surface area contributed by atoms with Crippen molar-refractivity contribution in [1.82, 2.24) is 5.32 Å². The Bertz CT molecular complexity index is 1860. The summed E-state index contributed by atoms with van der Waals surface area (Å²) in [5.74, 6) is 1.70. The van der Waals surface area contributed by atoms with Gasteiger partial charge in [-0.05, 0) is 105 Å². The average Bonchev–Trinajstić information content (AvgIpc) is 3.13. The lowest BCUT2D eigenvalue weighted by molar-refractivity contribution is 0.0943. The quantitative estimate of drug-likeness (QED) is 0.116. The number of carbonyl (C=O) groups excluding carboxylic acids is 4. The smallest absolute Gasteiger partial charge is 0.251 e.